The molecule has 2 aliphatic rings. The van der Waals surface area contributed by atoms with Crippen molar-refractivity contribution >= 4 is 11.8 Å². The molecule has 2 saturated heterocycles. The van der Waals surface area contributed by atoms with Gasteiger partial charge in [-0.05, 0) is 57.6 Å². The van der Waals surface area contributed by atoms with Crippen molar-refractivity contribution < 1.29 is 9.59 Å². The van der Waals surface area contributed by atoms with Crippen molar-refractivity contribution in [2.45, 2.75) is 46.0 Å². The Hall–Kier alpha value is -1.78. The molecule has 5 heteroatoms. The number of hydrogen-bond acceptors (Lipinski definition) is 2. The van der Waals surface area contributed by atoms with Gasteiger partial charge in [0.25, 0.3) is 5.91 Å². The van der Waals surface area contributed by atoms with Crippen LogP contribution in [-0.2, 0) is 4.79 Å². The van der Waals surface area contributed by atoms with Crippen LogP contribution < -0.4 is 0 Å². The molecule has 1 aromatic heterocycles. The van der Waals surface area contributed by atoms with Crippen LogP contribution >= 0.6 is 0 Å². The summed E-state index contributed by atoms with van der Waals surface area (Å²) in [6, 6.07) is 1.99. The summed E-state index contributed by atoms with van der Waals surface area (Å²) in [5.74, 6) is 0.260. The second-order valence-corrected chi connectivity index (χ2v) is 6.99. The molecule has 1 aromatic rings. The zero-order valence-corrected chi connectivity index (χ0v) is 14.2. The summed E-state index contributed by atoms with van der Waals surface area (Å²) < 4.78 is 0. The fourth-order valence-corrected chi connectivity index (χ4v) is 3.84. The van der Waals surface area contributed by atoms with E-state index in [4.69, 9.17) is 0 Å². The van der Waals surface area contributed by atoms with Crippen molar-refractivity contribution in [1.82, 2.24) is 14.8 Å². The van der Waals surface area contributed by atoms with Crippen LogP contribution in [0.3, 0.4) is 0 Å². The first-order valence-electron chi connectivity index (χ1n) is 8.80. The Morgan fingerprint density at radius 2 is 1.74 bits per heavy atom. The first-order chi connectivity index (χ1) is 11.1. The van der Waals surface area contributed by atoms with E-state index in [9.17, 15) is 9.59 Å². The highest BCUT2D eigenvalue weighted by Crippen LogP contribution is 2.23. The average Bonchev–Trinajstić information content (AvgIpc) is 2.93. The van der Waals surface area contributed by atoms with Crippen LogP contribution in [0.2, 0.25) is 0 Å². The highest BCUT2D eigenvalue weighted by Gasteiger charge is 2.32. The van der Waals surface area contributed by atoms with Gasteiger partial charge in [-0.15, -0.1) is 0 Å². The van der Waals surface area contributed by atoms with E-state index in [1.165, 1.54) is 6.42 Å². The number of amides is 2. The Bertz CT molecular complexity index is 587. The number of aryl methyl sites for hydroxylation is 2. The third-order valence-electron chi connectivity index (χ3n) is 5.09. The lowest BCUT2D eigenvalue weighted by Gasteiger charge is -2.36. The molecule has 0 saturated carbocycles. The van der Waals surface area contributed by atoms with Crippen molar-refractivity contribution in [2.75, 3.05) is 26.2 Å². The number of hydrogen-bond donors (Lipinski definition) is 1. The van der Waals surface area contributed by atoms with Crippen LogP contribution in [0.4, 0.5) is 0 Å². The Morgan fingerprint density at radius 3 is 2.39 bits per heavy atom. The molecular formula is C18H27N3O2. The van der Waals surface area contributed by atoms with E-state index < -0.39 is 0 Å². The van der Waals surface area contributed by atoms with E-state index in [2.05, 4.69) is 4.98 Å². The lowest BCUT2D eigenvalue weighted by molar-refractivity contribution is -0.137. The largest absolute Gasteiger partial charge is 0.354 e. The van der Waals surface area contributed by atoms with Crippen molar-refractivity contribution in [2.24, 2.45) is 5.92 Å². The molecule has 0 unspecified atom stereocenters. The smallest absolute Gasteiger partial charge is 0.270 e. The second kappa shape index (κ2) is 6.77. The van der Waals surface area contributed by atoms with Gasteiger partial charge in [0.1, 0.15) is 5.69 Å². The molecule has 0 bridgehead atoms. The molecule has 2 fully saturated rings. The Balaban J connectivity index is 1.66. The molecule has 1 atom stereocenters. The van der Waals surface area contributed by atoms with Crippen molar-refractivity contribution in [1.29, 1.82) is 0 Å². The predicted molar refractivity (Wildman–Crippen MR) is 89.3 cm³/mol. The number of rotatable bonds is 2. The van der Waals surface area contributed by atoms with Crippen molar-refractivity contribution in [3.63, 3.8) is 0 Å². The van der Waals surface area contributed by atoms with E-state index in [1.54, 1.807) is 0 Å². The molecule has 1 N–H and O–H groups in total. The molecule has 3 rings (SSSR count). The summed E-state index contributed by atoms with van der Waals surface area (Å²) in [5.41, 5.74) is 2.66. The molecule has 126 valence electrons. The van der Waals surface area contributed by atoms with Crippen LogP contribution in [0.15, 0.2) is 6.07 Å². The quantitative estimate of drug-likeness (QED) is 0.911. The van der Waals surface area contributed by atoms with Gasteiger partial charge in [0, 0.05) is 31.9 Å². The fraction of sp³-hybridized carbons (Fsp3) is 0.667. The molecule has 0 aliphatic carbocycles. The maximum Gasteiger partial charge on any atom is 0.270 e. The lowest BCUT2D eigenvalue weighted by Crippen LogP contribution is -2.48. The van der Waals surface area contributed by atoms with Crippen LogP contribution in [-0.4, -0.2) is 52.8 Å². The normalized spacial score (nSPS) is 22.3. The number of carbonyl (C=O) groups is 2. The summed E-state index contributed by atoms with van der Waals surface area (Å²) in [5, 5.41) is 0. The first kappa shape index (κ1) is 16.1. The third-order valence-corrected chi connectivity index (χ3v) is 5.09. The molecule has 0 aromatic carbocycles. The second-order valence-electron chi connectivity index (χ2n) is 6.99. The molecule has 2 amide bonds. The standard InChI is InChI=1S/C18H27N3O2/c1-13-11-14(2)19-16(13)18(23)21-10-6-7-15(12-21)17(22)20-8-4-3-5-9-20/h11,15,19H,3-10,12H2,1-2H3/t15-/m0/s1. The number of aromatic amines is 1. The first-order valence-corrected chi connectivity index (χ1v) is 8.80. The SMILES string of the molecule is Cc1cc(C)c(C(=O)N2CCC[C@H](C(=O)N3CCCCC3)C2)[nH]1. The number of H-pyrrole nitrogens is 1. The van der Waals surface area contributed by atoms with Gasteiger partial charge in [0.2, 0.25) is 5.91 Å². The highest BCUT2D eigenvalue weighted by molar-refractivity contribution is 5.94. The molecule has 3 heterocycles. The zero-order chi connectivity index (χ0) is 16.4. The van der Waals surface area contributed by atoms with Crippen molar-refractivity contribution in [3.8, 4) is 0 Å². The number of aromatic nitrogens is 1. The fourth-order valence-electron chi connectivity index (χ4n) is 3.84. The van der Waals surface area contributed by atoms with E-state index in [0.717, 1.165) is 56.6 Å². The van der Waals surface area contributed by atoms with Crippen molar-refractivity contribution in [3.05, 3.63) is 23.0 Å². The van der Waals surface area contributed by atoms with Crippen LogP contribution in [0.25, 0.3) is 0 Å². The summed E-state index contributed by atoms with van der Waals surface area (Å²) in [6.07, 6.45) is 5.27. The maximum absolute atomic E-state index is 12.7. The van der Waals surface area contributed by atoms with E-state index in [0.29, 0.717) is 12.2 Å². The van der Waals surface area contributed by atoms with Gasteiger partial charge in [0.15, 0.2) is 0 Å². The summed E-state index contributed by atoms with van der Waals surface area (Å²) in [6.45, 7) is 7.00. The Morgan fingerprint density at radius 1 is 1.04 bits per heavy atom. The molecular weight excluding hydrogens is 290 g/mol. The van der Waals surface area contributed by atoms with Crippen LogP contribution in [0.1, 0.15) is 53.8 Å². The highest BCUT2D eigenvalue weighted by atomic mass is 16.2. The number of carbonyl (C=O) groups excluding carboxylic acids is 2. The maximum atomic E-state index is 12.7. The van der Waals surface area contributed by atoms with Gasteiger partial charge < -0.3 is 14.8 Å². The minimum atomic E-state index is -0.0258. The molecule has 0 radical (unpaired) electrons. The van der Waals surface area contributed by atoms with Crippen LogP contribution in [0.5, 0.6) is 0 Å². The number of nitrogens with one attached hydrogen (secondary N) is 1. The summed E-state index contributed by atoms with van der Waals surface area (Å²) in [4.78, 5) is 32.5. The third kappa shape index (κ3) is 3.43. The van der Waals surface area contributed by atoms with Gasteiger partial charge >= 0.3 is 0 Å². The van der Waals surface area contributed by atoms with Gasteiger partial charge in [-0.25, -0.2) is 0 Å². The van der Waals surface area contributed by atoms with Gasteiger partial charge in [-0.1, -0.05) is 0 Å². The topological polar surface area (TPSA) is 56.4 Å². The van der Waals surface area contributed by atoms with Gasteiger partial charge in [-0.3, -0.25) is 9.59 Å². The number of nitrogens with zero attached hydrogens (tertiary/aromatic N) is 2. The molecule has 0 spiro atoms. The molecule has 5 nitrogen and oxygen atoms in total. The molecule has 23 heavy (non-hydrogen) atoms. The van der Waals surface area contributed by atoms with Gasteiger partial charge in [0.05, 0.1) is 5.92 Å². The minimum Gasteiger partial charge on any atom is -0.354 e. The average molecular weight is 317 g/mol. The predicted octanol–water partition coefficient (Wildman–Crippen LogP) is 2.50. The van der Waals surface area contributed by atoms with E-state index in [1.807, 2.05) is 29.7 Å². The minimum absolute atomic E-state index is 0.0258. The summed E-state index contributed by atoms with van der Waals surface area (Å²) in [7, 11) is 0. The Kier molecular flexibility index (Phi) is 4.74. The lowest BCUT2D eigenvalue weighted by atomic mass is 9.95. The molecule has 2 aliphatic heterocycles. The summed E-state index contributed by atoms with van der Waals surface area (Å²) >= 11 is 0. The number of likely N-dealkylation sites (tertiary alicyclic amines) is 2. The zero-order valence-electron chi connectivity index (χ0n) is 14.2. The number of piperidine rings is 2. The monoisotopic (exact) mass is 317 g/mol. The van der Waals surface area contributed by atoms with E-state index in [-0.39, 0.29) is 17.7 Å². The van der Waals surface area contributed by atoms with E-state index >= 15 is 0 Å². The Labute approximate surface area is 138 Å². The van der Waals surface area contributed by atoms with Gasteiger partial charge in [-0.2, -0.15) is 0 Å². The van der Waals surface area contributed by atoms with Crippen LogP contribution in [0, 0.1) is 19.8 Å².